The van der Waals surface area contributed by atoms with Crippen molar-refractivity contribution in [3.63, 3.8) is 0 Å². The SMILES string of the molecule is CCc1cc(C(C)(C)C)ccc1OP1OCC2(CO1)COP(Oc1ccc(C(C)(C)C)cc1C(C)(C)C)OC2. The van der Waals surface area contributed by atoms with Gasteiger partial charge in [-0.15, -0.1) is 0 Å². The zero-order valence-electron chi connectivity index (χ0n) is 25.3. The second-order valence-electron chi connectivity index (χ2n) is 13.9. The van der Waals surface area contributed by atoms with E-state index in [-0.39, 0.29) is 21.7 Å². The van der Waals surface area contributed by atoms with Gasteiger partial charge in [0.1, 0.15) is 11.5 Å². The topological polar surface area (TPSA) is 55.4 Å². The van der Waals surface area contributed by atoms with Crippen LogP contribution in [0.5, 0.6) is 11.5 Å². The molecule has 0 unspecified atom stereocenters. The van der Waals surface area contributed by atoms with Crippen molar-refractivity contribution in [2.45, 2.75) is 91.9 Å². The molecule has 2 saturated heterocycles. The predicted octanol–water partition coefficient (Wildman–Crippen LogP) is 9.13. The van der Waals surface area contributed by atoms with Crippen molar-refractivity contribution in [2.24, 2.45) is 5.41 Å². The Morgan fingerprint density at radius 1 is 0.641 bits per heavy atom. The molecule has 2 heterocycles. The molecule has 0 radical (unpaired) electrons. The summed E-state index contributed by atoms with van der Waals surface area (Å²) >= 11 is 0. The van der Waals surface area contributed by atoms with Gasteiger partial charge in [-0.05, 0) is 51.5 Å². The normalized spacial score (nSPS) is 24.6. The third kappa shape index (κ3) is 7.53. The smallest absolute Gasteiger partial charge is 0.397 e. The van der Waals surface area contributed by atoms with Crippen molar-refractivity contribution in [3.05, 3.63) is 58.7 Å². The molecule has 39 heavy (non-hydrogen) atoms. The summed E-state index contributed by atoms with van der Waals surface area (Å²) in [5, 5.41) is 0. The molecule has 0 N–H and O–H groups in total. The molecule has 2 aromatic rings. The van der Waals surface area contributed by atoms with Gasteiger partial charge in [-0.1, -0.05) is 93.5 Å². The molecule has 0 bridgehead atoms. The molecule has 4 rings (SSSR count). The van der Waals surface area contributed by atoms with E-state index in [9.17, 15) is 0 Å². The molecule has 0 amide bonds. The van der Waals surface area contributed by atoms with Gasteiger partial charge in [0.2, 0.25) is 0 Å². The lowest BCUT2D eigenvalue weighted by molar-refractivity contribution is -0.0673. The molecular weight excluding hydrogens is 530 g/mol. The quantitative estimate of drug-likeness (QED) is 0.331. The molecule has 0 aliphatic carbocycles. The van der Waals surface area contributed by atoms with Gasteiger partial charge in [0, 0.05) is 5.56 Å². The van der Waals surface area contributed by atoms with E-state index in [2.05, 4.69) is 99.6 Å². The molecule has 8 heteroatoms. The molecule has 0 aromatic heterocycles. The van der Waals surface area contributed by atoms with Gasteiger partial charge in [-0.25, -0.2) is 0 Å². The van der Waals surface area contributed by atoms with Crippen molar-refractivity contribution in [1.82, 2.24) is 0 Å². The van der Waals surface area contributed by atoms with Crippen LogP contribution in [-0.2, 0) is 40.8 Å². The Morgan fingerprint density at radius 2 is 1.08 bits per heavy atom. The largest absolute Gasteiger partial charge is 0.426 e. The molecule has 2 aliphatic rings. The Hall–Kier alpha value is -1.26. The third-order valence-corrected chi connectivity index (χ3v) is 9.26. The minimum Gasteiger partial charge on any atom is -0.426 e. The molecule has 6 nitrogen and oxygen atoms in total. The monoisotopic (exact) mass is 576 g/mol. The highest BCUT2D eigenvalue weighted by Crippen LogP contribution is 2.54. The van der Waals surface area contributed by atoms with E-state index in [4.69, 9.17) is 27.1 Å². The van der Waals surface area contributed by atoms with Crippen LogP contribution in [0.1, 0.15) is 91.5 Å². The zero-order valence-corrected chi connectivity index (χ0v) is 27.1. The van der Waals surface area contributed by atoms with Gasteiger partial charge in [0.05, 0.1) is 31.8 Å². The van der Waals surface area contributed by atoms with Crippen molar-refractivity contribution in [2.75, 3.05) is 26.4 Å². The van der Waals surface area contributed by atoms with Crippen LogP contribution in [0.4, 0.5) is 0 Å². The van der Waals surface area contributed by atoms with Crippen LogP contribution in [0, 0.1) is 5.41 Å². The summed E-state index contributed by atoms with van der Waals surface area (Å²) in [5.74, 6) is 1.64. The van der Waals surface area contributed by atoms with E-state index in [0.717, 1.165) is 29.0 Å². The van der Waals surface area contributed by atoms with Crippen molar-refractivity contribution >= 4 is 17.2 Å². The van der Waals surface area contributed by atoms with E-state index >= 15 is 0 Å². The average Bonchev–Trinajstić information content (AvgIpc) is 2.85. The molecule has 216 valence electrons. The van der Waals surface area contributed by atoms with Crippen LogP contribution >= 0.6 is 17.2 Å². The van der Waals surface area contributed by atoms with Crippen molar-refractivity contribution < 1.29 is 27.1 Å². The zero-order chi connectivity index (χ0) is 28.6. The highest BCUT2D eigenvalue weighted by atomic mass is 31.2. The maximum Gasteiger partial charge on any atom is 0.397 e. The van der Waals surface area contributed by atoms with Crippen molar-refractivity contribution in [3.8, 4) is 11.5 Å². The van der Waals surface area contributed by atoms with E-state index in [1.54, 1.807) is 0 Å². The fraction of sp³-hybridized carbons (Fsp3) is 0.613. The number of aryl methyl sites for hydroxylation is 1. The van der Waals surface area contributed by atoms with E-state index in [1.807, 2.05) is 6.07 Å². The summed E-state index contributed by atoms with van der Waals surface area (Å²) in [6.45, 7) is 23.9. The van der Waals surface area contributed by atoms with Gasteiger partial charge in [0.15, 0.2) is 0 Å². The first-order chi connectivity index (χ1) is 18.1. The Morgan fingerprint density at radius 3 is 1.51 bits per heavy atom. The molecular formula is C31H46O6P2. The maximum absolute atomic E-state index is 6.29. The second-order valence-corrected chi connectivity index (χ2v) is 16.2. The first-order valence-corrected chi connectivity index (χ1v) is 16.1. The summed E-state index contributed by atoms with van der Waals surface area (Å²) in [6.07, 6.45) is 0.882. The van der Waals surface area contributed by atoms with Crippen molar-refractivity contribution in [1.29, 1.82) is 0 Å². The molecule has 2 fully saturated rings. The fourth-order valence-electron chi connectivity index (χ4n) is 4.42. The summed E-state index contributed by atoms with van der Waals surface area (Å²) < 4.78 is 36.8. The Labute approximate surface area is 238 Å². The summed E-state index contributed by atoms with van der Waals surface area (Å²) in [4.78, 5) is 0. The highest BCUT2D eigenvalue weighted by molar-refractivity contribution is 7.42. The highest BCUT2D eigenvalue weighted by Gasteiger charge is 2.45. The van der Waals surface area contributed by atoms with Crippen LogP contribution in [-0.4, -0.2) is 26.4 Å². The van der Waals surface area contributed by atoms with Gasteiger partial charge >= 0.3 is 17.2 Å². The fourth-order valence-corrected chi connectivity index (χ4v) is 6.96. The summed E-state index contributed by atoms with van der Waals surface area (Å²) in [6, 6.07) is 12.8. The first kappa shape index (κ1) is 30.7. The number of hydrogen-bond acceptors (Lipinski definition) is 6. The first-order valence-electron chi connectivity index (χ1n) is 13.9. The second kappa shape index (κ2) is 11.6. The maximum atomic E-state index is 6.29. The van der Waals surface area contributed by atoms with Crippen LogP contribution in [0.2, 0.25) is 0 Å². The van der Waals surface area contributed by atoms with Gasteiger partial charge in [-0.2, -0.15) is 0 Å². The minimum atomic E-state index is -1.51. The summed E-state index contributed by atoms with van der Waals surface area (Å²) in [7, 11) is -2.98. The van der Waals surface area contributed by atoms with Crippen LogP contribution in [0.15, 0.2) is 36.4 Å². The van der Waals surface area contributed by atoms with Crippen LogP contribution in [0.3, 0.4) is 0 Å². The number of hydrogen-bond donors (Lipinski definition) is 0. The molecule has 0 atom stereocenters. The number of rotatable bonds is 5. The van der Waals surface area contributed by atoms with Crippen LogP contribution < -0.4 is 9.05 Å². The molecule has 1 spiro atoms. The lowest BCUT2D eigenvalue weighted by Gasteiger charge is -2.41. The lowest BCUT2D eigenvalue weighted by atomic mass is 9.80. The Bertz CT molecular complexity index is 1130. The molecule has 2 aliphatic heterocycles. The van der Waals surface area contributed by atoms with Gasteiger partial charge in [-0.3, -0.25) is 0 Å². The number of benzene rings is 2. The van der Waals surface area contributed by atoms with Gasteiger partial charge in [0.25, 0.3) is 0 Å². The average molecular weight is 577 g/mol. The van der Waals surface area contributed by atoms with Crippen LogP contribution in [0.25, 0.3) is 0 Å². The summed E-state index contributed by atoms with van der Waals surface area (Å²) in [5.41, 5.74) is 4.60. The molecule has 2 aromatic carbocycles. The Kier molecular flexibility index (Phi) is 9.09. The Balaban J connectivity index is 1.34. The van der Waals surface area contributed by atoms with E-state index in [0.29, 0.717) is 26.4 Å². The standard InChI is InChI=1S/C31H46O6P2/c1-11-22-16-23(28(2,3)4)12-14-26(22)36-38-32-18-31(19-33-38)20-34-39(35-21-31)37-27-15-13-24(29(5,6)7)17-25(27)30(8,9)10/h12-17H,11,18-21H2,1-10H3. The van der Waals surface area contributed by atoms with E-state index < -0.39 is 17.2 Å². The molecule has 0 saturated carbocycles. The lowest BCUT2D eigenvalue weighted by Crippen LogP contribution is -2.45. The van der Waals surface area contributed by atoms with Gasteiger partial charge < -0.3 is 27.1 Å². The third-order valence-electron chi connectivity index (χ3n) is 7.21. The predicted molar refractivity (Wildman–Crippen MR) is 160 cm³/mol. The minimum absolute atomic E-state index is 0.0617. The van der Waals surface area contributed by atoms with E-state index in [1.165, 1.54) is 11.1 Å².